The number of carbonyl (C=O) groups excluding carboxylic acids is 1. The minimum Gasteiger partial charge on any atom is -0.491 e. The first-order valence-corrected chi connectivity index (χ1v) is 14.9. The Hall–Kier alpha value is -2.26. The molecule has 0 unspecified atom stereocenters. The zero-order valence-electron chi connectivity index (χ0n) is 22.1. The molecule has 1 aromatic rings. The zero-order chi connectivity index (χ0) is 26.2. The van der Waals surface area contributed by atoms with E-state index in [1.54, 1.807) is 26.0 Å². The molecular formula is C27H44N2O6S. The van der Waals surface area contributed by atoms with E-state index >= 15 is 0 Å². The Morgan fingerprint density at radius 2 is 1.67 bits per heavy atom. The topological polar surface area (TPSA) is 103 Å². The molecule has 204 valence electrons. The molecule has 1 aliphatic rings. The predicted molar refractivity (Wildman–Crippen MR) is 142 cm³/mol. The molecule has 1 aliphatic carbocycles. The standard InChI is InChI=1S/C27H44N2O6S/c1-4-7-8-9-10-14-19-35-25-18-17-23(36(31,32)29-22-15-12-11-13-16-22)20-24(25)28-26(33-5-2)21-27(30)34-6-3/h17-18,20-22,28-29H,4-16,19H2,1-3H3. The van der Waals surface area contributed by atoms with E-state index in [-0.39, 0.29) is 23.4 Å². The van der Waals surface area contributed by atoms with Crippen LogP contribution in [0.15, 0.2) is 35.1 Å². The summed E-state index contributed by atoms with van der Waals surface area (Å²) in [6, 6.07) is 4.69. The summed E-state index contributed by atoms with van der Waals surface area (Å²) in [6.45, 7) is 6.78. The van der Waals surface area contributed by atoms with Gasteiger partial charge in [-0.2, -0.15) is 0 Å². The van der Waals surface area contributed by atoms with E-state index < -0.39 is 16.0 Å². The molecule has 0 aliphatic heterocycles. The maximum atomic E-state index is 13.1. The Labute approximate surface area is 217 Å². The fraction of sp³-hybridized carbons (Fsp3) is 0.667. The smallest absolute Gasteiger partial charge is 0.336 e. The first-order chi connectivity index (χ1) is 17.4. The Morgan fingerprint density at radius 1 is 0.972 bits per heavy atom. The van der Waals surface area contributed by atoms with E-state index in [1.165, 1.54) is 37.8 Å². The van der Waals surface area contributed by atoms with Crippen molar-refractivity contribution in [2.24, 2.45) is 0 Å². The third-order valence-electron chi connectivity index (χ3n) is 6.04. The van der Waals surface area contributed by atoms with Gasteiger partial charge in [-0.3, -0.25) is 0 Å². The van der Waals surface area contributed by atoms with Gasteiger partial charge in [0.05, 0.1) is 36.5 Å². The lowest BCUT2D eigenvalue weighted by molar-refractivity contribution is -0.137. The lowest BCUT2D eigenvalue weighted by Gasteiger charge is -2.23. The van der Waals surface area contributed by atoms with E-state index in [9.17, 15) is 13.2 Å². The van der Waals surface area contributed by atoms with Crippen molar-refractivity contribution in [3.8, 4) is 5.75 Å². The molecule has 2 N–H and O–H groups in total. The number of nitrogens with one attached hydrogen (secondary N) is 2. The van der Waals surface area contributed by atoms with Crippen LogP contribution < -0.4 is 14.8 Å². The molecule has 0 bridgehead atoms. The van der Waals surface area contributed by atoms with E-state index in [4.69, 9.17) is 14.2 Å². The summed E-state index contributed by atoms with van der Waals surface area (Å²) in [7, 11) is -3.71. The highest BCUT2D eigenvalue weighted by molar-refractivity contribution is 7.89. The molecule has 0 amide bonds. The second-order valence-electron chi connectivity index (χ2n) is 9.05. The molecule has 2 rings (SSSR count). The molecule has 8 nitrogen and oxygen atoms in total. The SMILES string of the molecule is CCCCCCCCOc1ccc(S(=O)(=O)NC2CCCCC2)cc1NC(=CC(=O)OCC)OCC. The van der Waals surface area contributed by atoms with E-state index in [2.05, 4.69) is 17.0 Å². The molecule has 9 heteroatoms. The minimum absolute atomic E-state index is 0.0495. The number of ether oxygens (including phenoxy) is 3. The van der Waals surface area contributed by atoms with Gasteiger partial charge in [0.25, 0.3) is 0 Å². The van der Waals surface area contributed by atoms with Gasteiger partial charge in [0, 0.05) is 6.04 Å². The molecule has 1 fully saturated rings. The van der Waals surface area contributed by atoms with Crippen LogP contribution in [0, 0.1) is 0 Å². The first kappa shape index (κ1) is 30.0. The lowest BCUT2D eigenvalue weighted by Crippen LogP contribution is -2.36. The van der Waals surface area contributed by atoms with Gasteiger partial charge >= 0.3 is 5.97 Å². The molecular weight excluding hydrogens is 480 g/mol. The Morgan fingerprint density at radius 3 is 2.36 bits per heavy atom. The molecule has 1 saturated carbocycles. The number of rotatable bonds is 17. The summed E-state index contributed by atoms with van der Waals surface area (Å²) in [4.78, 5) is 12.1. The summed E-state index contributed by atoms with van der Waals surface area (Å²) >= 11 is 0. The summed E-state index contributed by atoms with van der Waals surface area (Å²) in [5, 5.41) is 3.04. The van der Waals surface area contributed by atoms with Crippen LogP contribution in [0.25, 0.3) is 0 Å². The fourth-order valence-electron chi connectivity index (χ4n) is 4.17. The highest BCUT2D eigenvalue weighted by atomic mass is 32.2. The molecule has 0 atom stereocenters. The number of hydrogen-bond acceptors (Lipinski definition) is 7. The van der Waals surface area contributed by atoms with Crippen molar-refractivity contribution in [2.45, 2.75) is 102 Å². The van der Waals surface area contributed by atoms with Crippen LogP contribution >= 0.6 is 0 Å². The van der Waals surface area contributed by atoms with Crippen molar-refractivity contribution in [3.63, 3.8) is 0 Å². The van der Waals surface area contributed by atoms with Gasteiger partial charge in [0.15, 0.2) is 5.88 Å². The van der Waals surface area contributed by atoms with E-state index in [1.807, 2.05) is 0 Å². The van der Waals surface area contributed by atoms with Crippen LogP contribution in [0.1, 0.15) is 91.4 Å². The molecule has 0 radical (unpaired) electrons. The van der Waals surface area contributed by atoms with Crippen LogP contribution in [-0.2, 0) is 24.3 Å². The van der Waals surface area contributed by atoms with Gasteiger partial charge in [-0.25, -0.2) is 17.9 Å². The van der Waals surface area contributed by atoms with Crippen molar-refractivity contribution in [2.75, 3.05) is 25.1 Å². The Bertz CT molecular complexity index is 926. The predicted octanol–water partition coefficient (Wildman–Crippen LogP) is 5.89. The average Bonchev–Trinajstić information content (AvgIpc) is 2.84. The maximum Gasteiger partial charge on any atom is 0.336 e. The second-order valence-corrected chi connectivity index (χ2v) is 10.8. The second kappa shape index (κ2) is 16.5. The molecule has 0 spiro atoms. The highest BCUT2D eigenvalue weighted by Gasteiger charge is 2.23. The number of esters is 1. The minimum atomic E-state index is -3.71. The van der Waals surface area contributed by atoms with Gasteiger partial charge in [0.2, 0.25) is 10.0 Å². The lowest BCUT2D eigenvalue weighted by atomic mass is 9.96. The van der Waals surface area contributed by atoms with E-state index in [0.29, 0.717) is 24.7 Å². The third-order valence-corrected chi connectivity index (χ3v) is 7.56. The number of anilines is 1. The number of unbranched alkanes of at least 4 members (excludes halogenated alkanes) is 5. The summed E-state index contributed by atoms with van der Waals surface area (Å²) < 4.78 is 45.7. The molecule has 0 aromatic heterocycles. The van der Waals surface area contributed by atoms with Crippen molar-refractivity contribution in [1.82, 2.24) is 4.72 Å². The van der Waals surface area contributed by atoms with Crippen molar-refractivity contribution in [1.29, 1.82) is 0 Å². The third kappa shape index (κ3) is 10.8. The summed E-state index contributed by atoms with van der Waals surface area (Å²) in [6.07, 6.45) is 12.9. The van der Waals surface area contributed by atoms with Crippen LogP contribution in [0.5, 0.6) is 5.75 Å². The number of benzene rings is 1. The largest absolute Gasteiger partial charge is 0.491 e. The molecule has 0 saturated heterocycles. The quantitative estimate of drug-likeness (QED) is 0.113. The monoisotopic (exact) mass is 524 g/mol. The number of sulfonamides is 1. The van der Waals surface area contributed by atoms with Gasteiger partial charge in [-0.1, -0.05) is 58.3 Å². The van der Waals surface area contributed by atoms with E-state index in [0.717, 1.165) is 44.9 Å². The molecule has 36 heavy (non-hydrogen) atoms. The van der Waals surface area contributed by atoms with Crippen LogP contribution in [0.3, 0.4) is 0 Å². The zero-order valence-corrected chi connectivity index (χ0v) is 23.0. The normalized spacial score (nSPS) is 14.9. The van der Waals surface area contributed by atoms with Crippen molar-refractivity contribution < 1.29 is 27.4 Å². The number of carbonyl (C=O) groups is 1. The summed E-state index contributed by atoms with van der Waals surface area (Å²) in [5.74, 6) is 0.107. The van der Waals surface area contributed by atoms with Crippen LogP contribution in [0.4, 0.5) is 5.69 Å². The summed E-state index contributed by atoms with van der Waals surface area (Å²) in [5.41, 5.74) is 0.413. The van der Waals surface area contributed by atoms with Gasteiger partial charge < -0.3 is 19.5 Å². The molecule has 0 heterocycles. The Balaban J connectivity index is 2.21. The average molecular weight is 525 g/mol. The van der Waals surface area contributed by atoms with Crippen LogP contribution in [-0.4, -0.2) is 40.2 Å². The van der Waals surface area contributed by atoms with Gasteiger partial charge in [0.1, 0.15) is 5.75 Å². The fourth-order valence-corrected chi connectivity index (χ4v) is 5.50. The van der Waals surface area contributed by atoms with Gasteiger partial charge in [-0.05, 0) is 51.3 Å². The van der Waals surface area contributed by atoms with Crippen LogP contribution in [0.2, 0.25) is 0 Å². The molecule has 1 aromatic carbocycles. The number of hydrogen-bond donors (Lipinski definition) is 2. The van der Waals surface area contributed by atoms with Crippen molar-refractivity contribution in [3.05, 3.63) is 30.2 Å². The first-order valence-electron chi connectivity index (χ1n) is 13.5. The van der Waals surface area contributed by atoms with Gasteiger partial charge in [-0.15, -0.1) is 0 Å². The Kier molecular flexibility index (Phi) is 13.7. The van der Waals surface area contributed by atoms with Crippen molar-refractivity contribution >= 4 is 21.7 Å². The maximum absolute atomic E-state index is 13.1. The highest BCUT2D eigenvalue weighted by Crippen LogP contribution is 2.30.